The number of nitrogens with zero attached hydrogens (tertiary/aromatic N) is 1. The van der Waals surface area contributed by atoms with Crippen molar-refractivity contribution in [1.29, 1.82) is 0 Å². The van der Waals surface area contributed by atoms with Crippen molar-refractivity contribution in [2.45, 2.75) is 13.8 Å². The Kier molecular flexibility index (Phi) is 2.12. The van der Waals surface area contributed by atoms with Crippen LogP contribution < -0.4 is 5.32 Å². The van der Waals surface area contributed by atoms with E-state index in [0.29, 0.717) is 0 Å². The molecular formula is C12H14N2. The average Bonchev–Trinajstić information content (AvgIpc) is 2.16. The lowest BCUT2D eigenvalue weighted by atomic mass is 10.1. The van der Waals surface area contributed by atoms with Gasteiger partial charge in [0, 0.05) is 12.4 Å². The molecule has 0 amide bonds. The van der Waals surface area contributed by atoms with E-state index in [2.05, 4.69) is 48.4 Å². The standard InChI is InChI=1S/C12H14N2/c1-8-4-5-10-9(2)7-12(13-3)14-11(10)6-8/h4-7H,1-3H3,(H,13,14). The number of aromatic nitrogens is 1. The number of anilines is 1. The van der Waals surface area contributed by atoms with E-state index in [9.17, 15) is 0 Å². The maximum absolute atomic E-state index is 4.50. The molecule has 0 atom stereocenters. The predicted octanol–water partition coefficient (Wildman–Crippen LogP) is 2.89. The molecule has 2 heteroatoms. The highest BCUT2D eigenvalue weighted by molar-refractivity contribution is 5.84. The average molecular weight is 186 g/mol. The molecule has 0 saturated heterocycles. The first-order valence-corrected chi connectivity index (χ1v) is 4.76. The van der Waals surface area contributed by atoms with E-state index in [4.69, 9.17) is 0 Å². The maximum Gasteiger partial charge on any atom is 0.126 e. The topological polar surface area (TPSA) is 24.9 Å². The molecule has 2 aromatic rings. The summed E-state index contributed by atoms with van der Waals surface area (Å²) in [7, 11) is 1.89. The van der Waals surface area contributed by atoms with E-state index in [-0.39, 0.29) is 0 Å². The molecule has 2 rings (SSSR count). The maximum atomic E-state index is 4.50. The number of fused-ring (bicyclic) bond motifs is 1. The van der Waals surface area contributed by atoms with Gasteiger partial charge in [0.1, 0.15) is 5.82 Å². The third kappa shape index (κ3) is 1.43. The van der Waals surface area contributed by atoms with Gasteiger partial charge in [-0.15, -0.1) is 0 Å². The van der Waals surface area contributed by atoms with Crippen LogP contribution in [0.2, 0.25) is 0 Å². The van der Waals surface area contributed by atoms with Gasteiger partial charge in [0.25, 0.3) is 0 Å². The highest BCUT2D eigenvalue weighted by Gasteiger charge is 2.01. The summed E-state index contributed by atoms with van der Waals surface area (Å²) in [6.45, 7) is 4.20. The molecule has 0 fully saturated rings. The first kappa shape index (κ1) is 9.00. The van der Waals surface area contributed by atoms with Crippen LogP contribution in [0.3, 0.4) is 0 Å². The van der Waals surface area contributed by atoms with Gasteiger partial charge in [-0.2, -0.15) is 0 Å². The Morgan fingerprint density at radius 2 is 1.93 bits per heavy atom. The normalized spacial score (nSPS) is 10.5. The van der Waals surface area contributed by atoms with Gasteiger partial charge in [-0.25, -0.2) is 4.98 Å². The van der Waals surface area contributed by atoms with Gasteiger partial charge < -0.3 is 5.32 Å². The van der Waals surface area contributed by atoms with Crippen LogP contribution in [0, 0.1) is 13.8 Å². The van der Waals surface area contributed by atoms with E-state index in [0.717, 1.165) is 11.3 Å². The zero-order chi connectivity index (χ0) is 10.1. The summed E-state index contributed by atoms with van der Waals surface area (Å²) in [6, 6.07) is 8.43. The molecule has 0 unspecified atom stereocenters. The summed E-state index contributed by atoms with van der Waals surface area (Å²) in [4.78, 5) is 4.50. The fraction of sp³-hybridized carbons (Fsp3) is 0.250. The number of hydrogen-bond donors (Lipinski definition) is 1. The Labute approximate surface area is 84.0 Å². The quantitative estimate of drug-likeness (QED) is 0.740. The summed E-state index contributed by atoms with van der Waals surface area (Å²) in [5.74, 6) is 0.931. The number of rotatable bonds is 1. The van der Waals surface area contributed by atoms with Crippen LogP contribution in [0.15, 0.2) is 24.3 Å². The Bertz CT molecular complexity index is 475. The van der Waals surface area contributed by atoms with Crippen molar-refractivity contribution in [3.8, 4) is 0 Å². The first-order valence-electron chi connectivity index (χ1n) is 4.76. The second-order valence-electron chi connectivity index (χ2n) is 3.59. The molecule has 72 valence electrons. The number of benzene rings is 1. The molecule has 14 heavy (non-hydrogen) atoms. The third-order valence-electron chi connectivity index (χ3n) is 2.43. The van der Waals surface area contributed by atoms with Crippen molar-refractivity contribution in [1.82, 2.24) is 4.98 Å². The zero-order valence-corrected chi connectivity index (χ0v) is 8.76. The van der Waals surface area contributed by atoms with Crippen molar-refractivity contribution in [3.63, 3.8) is 0 Å². The predicted molar refractivity (Wildman–Crippen MR) is 60.8 cm³/mol. The fourth-order valence-electron chi connectivity index (χ4n) is 1.64. The second kappa shape index (κ2) is 3.29. The number of nitrogens with one attached hydrogen (secondary N) is 1. The molecule has 0 radical (unpaired) electrons. The number of aryl methyl sites for hydroxylation is 2. The van der Waals surface area contributed by atoms with Gasteiger partial charge in [0.2, 0.25) is 0 Å². The smallest absolute Gasteiger partial charge is 0.126 e. The SMILES string of the molecule is CNc1cc(C)c2ccc(C)cc2n1. The van der Waals surface area contributed by atoms with Crippen LogP contribution >= 0.6 is 0 Å². The minimum Gasteiger partial charge on any atom is -0.373 e. The van der Waals surface area contributed by atoms with Crippen molar-refractivity contribution in [2.24, 2.45) is 0 Å². The van der Waals surface area contributed by atoms with Crippen molar-refractivity contribution in [3.05, 3.63) is 35.4 Å². The Morgan fingerprint density at radius 3 is 2.64 bits per heavy atom. The van der Waals surface area contributed by atoms with Gasteiger partial charge in [-0.05, 0) is 37.1 Å². The molecule has 1 aromatic heterocycles. The summed E-state index contributed by atoms with van der Waals surface area (Å²) < 4.78 is 0. The summed E-state index contributed by atoms with van der Waals surface area (Å²) >= 11 is 0. The monoisotopic (exact) mass is 186 g/mol. The van der Waals surface area contributed by atoms with Crippen molar-refractivity contribution in [2.75, 3.05) is 12.4 Å². The highest BCUT2D eigenvalue weighted by atomic mass is 15.0. The van der Waals surface area contributed by atoms with Gasteiger partial charge in [-0.1, -0.05) is 12.1 Å². The lowest BCUT2D eigenvalue weighted by molar-refractivity contribution is 1.31. The van der Waals surface area contributed by atoms with Gasteiger partial charge in [0.15, 0.2) is 0 Å². The van der Waals surface area contributed by atoms with Gasteiger partial charge in [0.05, 0.1) is 5.52 Å². The molecule has 1 N–H and O–H groups in total. The second-order valence-corrected chi connectivity index (χ2v) is 3.59. The Balaban J connectivity index is 2.77. The van der Waals surface area contributed by atoms with E-state index in [1.165, 1.54) is 16.5 Å². The molecular weight excluding hydrogens is 172 g/mol. The molecule has 2 nitrogen and oxygen atoms in total. The van der Waals surface area contributed by atoms with Crippen molar-refractivity contribution >= 4 is 16.7 Å². The molecule has 0 aliphatic heterocycles. The first-order chi connectivity index (χ1) is 6.70. The van der Waals surface area contributed by atoms with Crippen LogP contribution in [0.4, 0.5) is 5.82 Å². The van der Waals surface area contributed by atoms with Crippen LogP contribution in [0.5, 0.6) is 0 Å². The lowest BCUT2D eigenvalue weighted by Crippen LogP contribution is -1.94. The summed E-state index contributed by atoms with van der Waals surface area (Å²) in [6.07, 6.45) is 0. The summed E-state index contributed by atoms with van der Waals surface area (Å²) in [5.41, 5.74) is 3.58. The molecule has 0 bridgehead atoms. The van der Waals surface area contributed by atoms with Crippen LogP contribution in [-0.4, -0.2) is 12.0 Å². The Hall–Kier alpha value is -1.57. The van der Waals surface area contributed by atoms with Crippen LogP contribution in [0.25, 0.3) is 10.9 Å². The number of pyridine rings is 1. The third-order valence-corrected chi connectivity index (χ3v) is 2.43. The van der Waals surface area contributed by atoms with Gasteiger partial charge in [-0.3, -0.25) is 0 Å². The fourth-order valence-corrected chi connectivity index (χ4v) is 1.64. The zero-order valence-electron chi connectivity index (χ0n) is 8.76. The van der Waals surface area contributed by atoms with Gasteiger partial charge >= 0.3 is 0 Å². The molecule has 1 heterocycles. The molecule has 1 aromatic carbocycles. The van der Waals surface area contributed by atoms with Crippen LogP contribution in [0.1, 0.15) is 11.1 Å². The Morgan fingerprint density at radius 1 is 1.14 bits per heavy atom. The largest absolute Gasteiger partial charge is 0.373 e. The molecule has 0 saturated carbocycles. The molecule has 0 aliphatic carbocycles. The van der Waals surface area contributed by atoms with E-state index in [1.54, 1.807) is 0 Å². The van der Waals surface area contributed by atoms with Crippen molar-refractivity contribution < 1.29 is 0 Å². The van der Waals surface area contributed by atoms with E-state index in [1.807, 2.05) is 7.05 Å². The van der Waals surface area contributed by atoms with E-state index < -0.39 is 0 Å². The van der Waals surface area contributed by atoms with E-state index >= 15 is 0 Å². The summed E-state index contributed by atoms with van der Waals surface area (Å²) in [5, 5.41) is 4.30. The molecule has 0 aliphatic rings. The lowest BCUT2D eigenvalue weighted by Gasteiger charge is -2.06. The minimum absolute atomic E-state index is 0.931. The number of hydrogen-bond acceptors (Lipinski definition) is 2. The minimum atomic E-state index is 0.931. The highest BCUT2D eigenvalue weighted by Crippen LogP contribution is 2.20. The molecule has 0 spiro atoms. The van der Waals surface area contributed by atoms with Crippen LogP contribution in [-0.2, 0) is 0 Å².